The van der Waals surface area contributed by atoms with Gasteiger partial charge in [-0.1, -0.05) is 13.8 Å². The lowest BCUT2D eigenvalue weighted by Crippen LogP contribution is -2.56. The number of hydrogen-bond donors (Lipinski definition) is 2. The van der Waals surface area contributed by atoms with E-state index in [0.717, 1.165) is 18.8 Å². The van der Waals surface area contributed by atoms with Crippen molar-refractivity contribution in [3.8, 4) is 0 Å². The number of aliphatic hydroxyl groups is 1. The summed E-state index contributed by atoms with van der Waals surface area (Å²) >= 11 is 0. The highest BCUT2D eigenvalue weighted by Gasteiger charge is 2.75. The van der Waals surface area contributed by atoms with Crippen LogP contribution in [0.25, 0.3) is 0 Å². The molecule has 0 aromatic heterocycles. The first-order chi connectivity index (χ1) is 17.7. The number of fused-ring (bicyclic) bond motifs is 1. The topological polar surface area (TPSA) is 108 Å². The fourth-order valence-electron chi connectivity index (χ4n) is 6.67. The van der Waals surface area contributed by atoms with Crippen LogP contribution in [0.15, 0.2) is 24.3 Å². The maximum Gasteiger partial charge on any atom is 0.312 e. The number of rotatable bonds is 11. The Labute approximate surface area is 219 Å². The average molecular weight is 516 g/mol. The number of hydrogen-bond acceptors (Lipinski definition) is 7. The van der Waals surface area contributed by atoms with Gasteiger partial charge in [0.1, 0.15) is 11.6 Å². The highest BCUT2D eigenvalue weighted by atomic mass is 16.6. The van der Waals surface area contributed by atoms with Crippen LogP contribution in [0.4, 0.5) is 11.4 Å². The van der Waals surface area contributed by atoms with Crippen molar-refractivity contribution in [1.29, 1.82) is 0 Å². The molecule has 0 unspecified atom stereocenters. The van der Waals surface area contributed by atoms with Crippen LogP contribution in [-0.2, 0) is 23.9 Å². The number of amides is 2. The summed E-state index contributed by atoms with van der Waals surface area (Å²) in [6.45, 7) is 11.6. The summed E-state index contributed by atoms with van der Waals surface area (Å²) in [6.07, 6.45) is 1.16. The van der Waals surface area contributed by atoms with E-state index in [1.807, 2.05) is 38.1 Å². The predicted octanol–water partition coefficient (Wildman–Crippen LogP) is 2.82. The lowest BCUT2D eigenvalue weighted by Gasteiger charge is -2.37. The fraction of sp³-hybridized carbons (Fsp3) is 0.679. The van der Waals surface area contributed by atoms with Crippen LogP contribution in [0.2, 0.25) is 0 Å². The van der Waals surface area contributed by atoms with Crippen molar-refractivity contribution >= 4 is 29.2 Å². The molecule has 2 N–H and O–H groups in total. The van der Waals surface area contributed by atoms with Crippen molar-refractivity contribution in [3.63, 3.8) is 0 Å². The highest BCUT2D eigenvalue weighted by Crippen LogP contribution is 2.59. The van der Waals surface area contributed by atoms with Crippen LogP contribution in [0.3, 0.4) is 0 Å². The summed E-state index contributed by atoms with van der Waals surface area (Å²) in [5.74, 6) is -2.47. The molecule has 0 radical (unpaired) electrons. The Morgan fingerprint density at radius 1 is 1.22 bits per heavy atom. The van der Waals surface area contributed by atoms with Gasteiger partial charge < -0.3 is 29.7 Å². The van der Waals surface area contributed by atoms with E-state index in [-0.39, 0.29) is 30.9 Å². The van der Waals surface area contributed by atoms with Crippen LogP contribution in [0, 0.1) is 17.8 Å². The molecule has 9 heteroatoms. The van der Waals surface area contributed by atoms with Crippen LogP contribution < -0.4 is 10.2 Å². The average Bonchev–Trinajstić information content (AvgIpc) is 3.51. The summed E-state index contributed by atoms with van der Waals surface area (Å²) in [6, 6.07) is 6.13. The second kappa shape index (κ2) is 11.0. The largest absolute Gasteiger partial charge is 0.466 e. The van der Waals surface area contributed by atoms with E-state index in [1.54, 1.807) is 6.92 Å². The molecule has 3 heterocycles. The van der Waals surface area contributed by atoms with Crippen LogP contribution >= 0.6 is 0 Å². The van der Waals surface area contributed by atoms with Gasteiger partial charge >= 0.3 is 5.97 Å². The molecule has 3 fully saturated rings. The second-order valence-electron chi connectivity index (χ2n) is 10.7. The first-order valence-electron chi connectivity index (χ1n) is 13.7. The standard InChI is InChI=1S/C28H41N3O6/c1-6-30(7-2)19-11-9-18(10-12-19)29-25(33)24-28-14-13-21(37-28)22(27(35)36-8-3)23(28)26(34)31(24)20(16-32)15-17(4)5/h9-12,17,20-24,32H,6-8,13-16H2,1-5H3,(H,29,33)/t20-,21+,22-,23-,24+,28-/m1/s1. The van der Waals surface area contributed by atoms with Gasteiger partial charge in [0.05, 0.1) is 37.2 Å². The van der Waals surface area contributed by atoms with E-state index in [9.17, 15) is 19.5 Å². The molecule has 3 aliphatic rings. The van der Waals surface area contributed by atoms with Gasteiger partial charge in [-0.05, 0) is 70.2 Å². The number of likely N-dealkylation sites (tertiary alicyclic amines) is 1. The van der Waals surface area contributed by atoms with E-state index in [2.05, 4.69) is 24.1 Å². The van der Waals surface area contributed by atoms with E-state index < -0.39 is 41.6 Å². The first-order valence-corrected chi connectivity index (χ1v) is 13.7. The number of nitrogens with zero attached hydrogens (tertiary/aromatic N) is 2. The molecule has 3 saturated heterocycles. The summed E-state index contributed by atoms with van der Waals surface area (Å²) in [5, 5.41) is 13.3. The van der Waals surface area contributed by atoms with Crippen molar-refractivity contribution in [2.24, 2.45) is 17.8 Å². The molecule has 6 atom stereocenters. The van der Waals surface area contributed by atoms with Gasteiger partial charge in [-0.2, -0.15) is 0 Å². The number of aliphatic hydroxyl groups excluding tert-OH is 1. The SMILES string of the molecule is CCOC(=O)[C@@H]1[C@@H]2CC[C@]3(O2)[C@H](C(=O)Nc2ccc(N(CC)CC)cc2)N([C@@H](CO)CC(C)C)C(=O)[C@@H]13. The third kappa shape index (κ3) is 4.72. The predicted molar refractivity (Wildman–Crippen MR) is 140 cm³/mol. The summed E-state index contributed by atoms with van der Waals surface area (Å²) in [5.41, 5.74) is 0.563. The van der Waals surface area contributed by atoms with Crippen molar-refractivity contribution in [2.75, 3.05) is 36.5 Å². The Bertz CT molecular complexity index is 994. The summed E-state index contributed by atoms with van der Waals surface area (Å²) in [4.78, 5) is 44.6. The Balaban J connectivity index is 1.68. The van der Waals surface area contributed by atoms with E-state index in [0.29, 0.717) is 24.9 Å². The Kier molecular flexibility index (Phi) is 8.14. The zero-order valence-electron chi connectivity index (χ0n) is 22.6. The molecule has 9 nitrogen and oxygen atoms in total. The molecule has 4 rings (SSSR count). The zero-order chi connectivity index (χ0) is 26.9. The summed E-state index contributed by atoms with van der Waals surface area (Å²) < 4.78 is 11.7. The molecule has 204 valence electrons. The molecule has 0 aliphatic carbocycles. The number of carbonyl (C=O) groups is 3. The lowest BCUT2D eigenvalue weighted by atomic mass is 9.70. The minimum absolute atomic E-state index is 0.192. The molecule has 3 aliphatic heterocycles. The molecule has 37 heavy (non-hydrogen) atoms. The lowest BCUT2D eigenvalue weighted by molar-refractivity contribution is -0.155. The number of nitrogens with one attached hydrogen (secondary N) is 1. The monoisotopic (exact) mass is 515 g/mol. The number of carbonyl (C=O) groups excluding carboxylic acids is 3. The molecular formula is C28H41N3O6. The van der Waals surface area contributed by atoms with Crippen molar-refractivity contribution in [3.05, 3.63) is 24.3 Å². The molecule has 0 saturated carbocycles. The van der Waals surface area contributed by atoms with E-state index in [1.165, 1.54) is 4.90 Å². The second-order valence-corrected chi connectivity index (χ2v) is 10.7. The highest BCUT2D eigenvalue weighted by molar-refractivity contribution is 6.03. The Morgan fingerprint density at radius 2 is 1.89 bits per heavy atom. The van der Waals surface area contributed by atoms with Gasteiger partial charge in [0.2, 0.25) is 11.8 Å². The van der Waals surface area contributed by atoms with Gasteiger partial charge in [0, 0.05) is 24.5 Å². The van der Waals surface area contributed by atoms with Gasteiger partial charge in [-0.3, -0.25) is 14.4 Å². The van der Waals surface area contributed by atoms with Gasteiger partial charge in [-0.15, -0.1) is 0 Å². The fourth-order valence-corrected chi connectivity index (χ4v) is 6.67. The molecule has 2 bridgehead atoms. The normalized spacial score (nSPS) is 28.9. The third-order valence-electron chi connectivity index (χ3n) is 8.16. The number of ether oxygens (including phenoxy) is 2. The van der Waals surface area contributed by atoms with Crippen LogP contribution in [0.1, 0.15) is 53.9 Å². The van der Waals surface area contributed by atoms with Gasteiger partial charge in [0.15, 0.2) is 0 Å². The third-order valence-corrected chi connectivity index (χ3v) is 8.16. The molecule has 2 amide bonds. The van der Waals surface area contributed by atoms with E-state index in [4.69, 9.17) is 9.47 Å². The zero-order valence-corrected chi connectivity index (χ0v) is 22.6. The number of benzene rings is 1. The quantitative estimate of drug-likeness (QED) is 0.436. The van der Waals surface area contributed by atoms with Gasteiger partial charge in [-0.25, -0.2) is 0 Å². The molecule has 1 spiro atoms. The smallest absolute Gasteiger partial charge is 0.312 e. The van der Waals surface area contributed by atoms with E-state index >= 15 is 0 Å². The van der Waals surface area contributed by atoms with Gasteiger partial charge in [0.25, 0.3) is 0 Å². The van der Waals surface area contributed by atoms with Crippen molar-refractivity contribution in [1.82, 2.24) is 4.90 Å². The minimum atomic E-state index is -1.12. The Morgan fingerprint density at radius 3 is 2.46 bits per heavy atom. The number of anilines is 2. The maximum absolute atomic E-state index is 14.0. The van der Waals surface area contributed by atoms with Crippen molar-refractivity contribution < 1.29 is 29.0 Å². The molecule has 1 aromatic carbocycles. The van der Waals surface area contributed by atoms with Crippen LogP contribution in [-0.4, -0.2) is 77.9 Å². The van der Waals surface area contributed by atoms with Crippen LogP contribution in [0.5, 0.6) is 0 Å². The summed E-state index contributed by atoms with van der Waals surface area (Å²) in [7, 11) is 0. The Hall–Kier alpha value is -2.65. The minimum Gasteiger partial charge on any atom is -0.466 e. The maximum atomic E-state index is 14.0. The molecular weight excluding hydrogens is 474 g/mol. The number of esters is 1. The first kappa shape index (κ1) is 27.4. The van der Waals surface area contributed by atoms with Crippen molar-refractivity contribution in [2.45, 2.75) is 77.7 Å². The molecule has 1 aromatic rings.